The Kier molecular flexibility index (Phi) is 2.95. The molecule has 80 valence electrons. The highest BCUT2D eigenvalue weighted by molar-refractivity contribution is 9.10. The summed E-state index contributed by atoms with van der Waals surface area (Å²) in [6.45, 7) is 2.22. The van der Waals surface area contributed by atoms with Gasteiger partial charge in [0.05, 0.1) is 10.2 Å². The van der Waals surface area contributed by atoms with Crippen LogP contribution >= 0.6 is 15.9 Å². The highest BCUT2D eigenvalue weighted by atomic mass is 79.9. The van der Waals surface area contributed by atoms with Gasteiger partial charge >= 0.3 is 0 Å². The van der Waals surface area contributed by atoms with Crippen molar-refractivity contribution in [3.8, 4) is 5.75 Å². The highest BCUT2D eigenvalue weighted by Gasteiger charge is 2.18. The third kappa shape index (κ3) is 2.15. The van der Waals surface area contributed by atoms with Crippen molar-refractivity contribution in [2.24, 2.45) is 0 Å². The summed E-state index contributed by atoms with van der Waals surface area (Å²) in [5, 5.41) is 2.81. The van der Waals surface area contributed by atoms with Crippen LogP contribution in [0.2, 0.25) is 0 Å². The lowest BCUT2D eigenvalue weighted by atomic mass is 10.1. The predicted octanol–water partition coefficient (Wildman–Crippen LogP) is 2.73. The zero-order chi connectivity index (χ0) is 10.8. The smallest absolute Gasteiger partial charge is 0.262 e. The molecule has 0 aliphatic carbocycles. The summed E-state index contributed by atoms with van der Waals surface area (Å²) in [4.78, 5) is 11.2. The standard InChI is InChI=1S/C11H12BrNO2/c1-2-3-7-4-8(12)11-9(5-7)13-10(14)6-15-11/h4-5H,2-3,6H2,1H3,(H,13,14). The van der Waals surface area contributed by atoms with Crippen molar-refractivity contribution in [1.29, 1.82) is 0 Å². The molecule has 3 nitrogen and oxygen atoms in total. The second-order valence-corrected chi connectivity index (χ2v) is 4.40. The summed E-state index contributed by atoms with van der Waals surface area (Å²) in [5.74, 6) is 0.637. The first kappa shape index (κ1) is 10.5. The summed E-state index contributed by atoms with van der Waals surface area (Å²) < 4.78 is 6.25. The fourth-order valence-electron chi connectivity index (χ4n) is 1.65. The number of carbonyl (C=O) groups is 1. The lowest BCUT2D eigenvalue weighted by Crippen LogP contribution is -2.25. The van der Waals surface area contributed by atoms with Gasteiger partial charge < -0.3 is 10.1 Å². The van der Waals surface area contributed by atoms with E-state index in [0.29, 0.717) is 0 Å². The molecule has 1 aliphatic rings. The molecule has 0 unspecified atom stereocenters. The third-order valence-corrected chi connectivity index (χ3v) is 2.85. The fraction of sp³-hybridized carbons (Fsp3) is 0.364. The second kappa shape index (κ2) is 4.23. The van der Waals surface area contributed by atoms with E-state index >= 15 is 0 Å². The van der Waals surface area contributed by atoms with E-state index in [9.17, 15) is 4.79 Å². The molecule has 0 saturated heterocycles. The average molecular weight is 270 g/mol. The van der Waals surface area contributed by atoms with Crippen LogP contribution in [0.1, 0.15) is 18.9 Å². The number of fused-ring (bicyclic) bond motifs is 1. The molecular formula is C11H12BrNO2. The maximum absolute atomic E-state index is 11.2. The van der Waals surface area contributed by atoms with Crippen LogP contribution in [0.4, 0.5) is 5.69 Å². The molecule has 1 aromatic carbocycles. The topological polar surface area (TPSA) is 38.3 Å². The van der Waals surface area contributed by atoms with Gasteiger partial charge in [0.15, 0.2) is 12.4 Å². The van der Waals surface area contributed by atoms with Gasteiger partial charge in [-0.2, -0.15) is 0 Å². The molecule has 0 aromatic heterocycles. The zero-order valence-electron chi connectivity index (χ0n) is 8.47. The molecule has 0 fully saturated rings. The molecule has 0 spiro atoms. The van der Waals surface area contributed by atoms with Crippen molar-refractivity contribution in [3.05, 3.63) is 22.2 Å². The summed E-state index contributed by atoms with van der Waals surface area (Å²) in [7, 11) is 0. The molecule has 2 rings (SSSR count). The third-order valence-electron chi connectivity index (χ3n) is 2.26. The van der Waals surface area contributed by atoms with Crippen molar-refractivity contribution in [3.63, 3.8) is 0 Å². The minimum Gasteiger partial charge on any atom is -0.480 e. The second-order valence-electron chi connectivity index (χ2n) is 3.54. The van der Waals surface area contributed by atoms with Gasteiger partial charge in [0.2, 0.25) is 0 Å². The first-order valence-electron chi connectivity index (χ1n) is 4.95. The molecule has 15 heavy (non-hydrogen) atoms. The molecule has 0 radical (unpaired) electrons. The Morgan fingerprint density at radius 2 is 2.33 bits per heavy atom. The summed E-state index contributed by atoms with van der Waals surface area (Å²) >= 11 is 3.45. The van der Waals surface area contributed by atoms with Crippen LogP contribution in [0, 0.1) is 0 Å². The van der Waals surface area contributed by atoms with Gasteiger partial charge in [0, 0.05) is 0 Å². The number of benzene rings is 1. The summed E-state index contributed by atoms with van der Waals surface area (Å²) in [6, 6.07) is 4.01. The Hall–Kier alpha value is -1.03. The highest BCUT2D eigenvalue weighted by Crippen LogP contribution is 2.36. The number of carbonyl (C=O) groups excluding carboxylic acids is 1. The van der Waals surface area contributed by atoms with Gasteiger partial charge in [-0.15, -0.1) is 0 Å². The van der Waals surface area contributed by atoms with Crippen molar-refractivity contribution in [1.82, 2.24) is 0 Å². The number of nitrogens with one attached hydrogen (secondary N) is 1. The molecule has 1 aromatic rings. The molecule has 0 atom stereocenters. The maximum atomic E-state index is 11.2. The van der Waals surface area contributed by atoms with Gasteiger partial charge in [-0.05, 0) is 40.0 Å². The van der Waals surface area contributed by atoms with E-state index in [1.807, 2.05) is 12.1 Å². The van der Waals surface area contributed by atoms with E-state index in [4.69, 9.17) is 4.74 Å². The normalized spacial score (nSPS) is 14.1. The molecular weight excluding hydrogens is 258 g/mol. The van der Waals surface area contributed by atoms with Crippen LogP contribution in [-0.4, -0.2) is 12.5 Å². The lowest BCUT2D eigenvalue weighted by molar-refractivity contribution is -0.118. The molecule has 1 amide bonds. The summed E-state index contributed by atoms with van der Waals surface area (Å²) in [6.07, 6.45) is 2.09. The Morgan fingerprint density at radius 1 is 1.53 bits per heavy atom. The monoisotopic (exact) mass is 269 g/mol. The van der Waals surface area contributed by atoms with E-state index in [1.165, 1.54) is 5.56 Å². The molecule has 1 N–H and O–H groups in total. The fourth-order valence-corrected chi connectivity index (χ4v) is 2.27. The molecule has 1 heterocycles. The van der Waals surface area contributed by atoms with Crippen LogP contribution in [-0.2, 0) is 11.2 Å². The minimum absolute atomic E-state index is 0.0944. The molecule has 1 aliphatic heterocycles. The van der Waals surface area contributed by atoms with Crippen LogP contribution in [0.5, 0.6) is 5.75 Å². The van der Waals surface area contributed by atoms with E-state index < -0.39 is 0 Å². The van der Waals surface area contributed by atoms with Crippen LogP contribution in [0.25, 0.3) is 0 Å². The first-order valence-corrected chi connectivity index (χ1v) is 5.75. The van der Waals surface area contributed by atoms with Gasteiger partial charge in [0.1, 0.15) is 0 Å². The number of rotatable bonds is 2. The SMILES string of the molecule is CCCc1cc(Br)c2c(c1)NC(=O)CO2. The van der Waals surface area contributed by atoms with Crippen molar-refractivity contribution in [2.45, 2.75) is 19.8 Å². The number of ether oxygens (including phenoxy) is 1. The zero-order valence-corrected chi connectivity index (χ0v) is 10.1. The van der Waals surface area contributed by atoms with E-state index in [1.54, 1.807) is 0 Å². The largest absolute Gasteiger partial charge is 0.480 e. The minimum atomic E-state index is -0.0944. The lowest BCUT2D eigenvalue weighted by Gasteiger charge is -2.20. The Bertz CT molecular complexity index is 404. The van der Waals surface area contributed by atoms with Gasteiger partial charge in [-0.25, -0.2) is 0 Å². The number of hydrogen-bond donors (Lipinski definition) is 1. The number of amides is 1. The molecule has 0 bridgehead atoms. The molecule has 4 heteroatoms. The van der Waals surface area contributed by atoms with Gasteiger partial charge in [-0.3, -0.25) is 4.79 Å². The van der Waals surface area contributed by atoms with E-state index in [0.717, 1.165) is 28.8 Å². The Balaban J connectivity index is 2.39. The predicted molar refractivity (Wildman–Crippen MR) is 62.3 cm³/mol. The Labute approximate surface area is 96.9 Å². The number of aryl methyl sites for hydroxylation is 1. The maximum Gasteiger partial charge on any atom is 0.262 e. The number of anilines is 1. The van der Waals surface area contributed by atoms with E-state index in [2.05, 4.69) is 28.2 Å². The number of hydrogen-bond acceptors (Lipinski definition) is 2. The van der Waals surface area contributed by atoms with Crippen LogP contribution in [0.3, 0.4) is 0 Å². The van der Waals surface area contributed by atoms with Crippen LogP contribution in [0.15, 0.2) is 16.6 Å². The molecule has 0 saturated carbocycles. The summed E-state index contributed by atoms with van der Waals surface area (Å²) in [5.41, 5.74) is 1.97. The Morgan fingerprint density at radius 3 is 3.07 bits per heavy atom. The van der Waals surface area contributed by atoms with Crippen molar-refractivity contribution in [2.75, 3.05) is 11.9 Å². The van der Waals surface area contributed by atoms with Gasteiger partial charge in [0.25, 0.3) is 5.91 Å². The van der Waals surface area contributed by atoms with Gasteiger partial charge in [-0.1, -0.05) is 13.3 Å². The average Bonchev–Trinajstić information content (AvgIpc) is 2.17. The quantitative estimate of drug-likeness (QED) is 0.897. The first-order chi connectivity index (χ1) is 7.20. The van der Waals surface area contributed by atoms with E-state index in [-0.39, 0.29) is 12.5 Å². The van der Waals surface area contributed by atoms with Crippen LogP contribution < -0.4 is 10.1 Å². The number of halogens is 1. The van der Waals surface area contributed by atoms with Crippen molar-refractivity contribution >= 4 is 27.5 Å². The van der Waals surface area contributed by atoms with Crippen molar-refractivity contribution < 1.29 is 9.53 Å².